The maximum absolute atomic E-state index is 13.4. The van der Waals surface area contributed by atoms with Gasteiger partial charge in [0.2, 0.25) is 0 Å². The maximum atomic E-state index is 13.4. The molecule has 7 N–H and O–H groups in total. The number of carboxylic acids is 1. The molecule has 36 heavy (non-hydrogen) atoms. The largest absolute Gasteiger partial charge is 0.479 e. The average Bonchev–Trinajstić information content (AvgIpc) is 2.85. The zero-order valence-corrected chi connectivity index (χ0v) is 19.8. The smallest absolute Gasteiger partial charge is 0.408 e. The van der Waals surface area contributed by atoms with Crippen molar-refractivity contribution in [2.24, 2.45) is 16.5 Å². The van der Waals surface area contributed by atoms with Crippen LogP contribution in [0, 0.1) is 0 Å². The Labute approximate surface area is 206 Å². The van der Waals surface area contributed by atoms with Gasteiger partial charge in [0.15, 0.2) is 17.8 Å². The van der Waals surface area contributed by atoms with E-state index in [0.29, 0.717) is 5.56 Å². The van der Waals surface area contributed by atoms with Crippen LogP contribution in [0.1, 0.15) is 28.6 Å². The summed E-state index contributed by atoms with van der Waals surface area (Å²) < 4.78 is 23.8. The van der Waals surface area contributed by atoms with Crippen LogP contribution in [0.25, 0.3) is 0 Å². The van der Waals surface area contributed by atoms with Crippen LogP contribution in [0.3, 0.4) is 0 Å². The number of nitrogens with one attached hydrogen (secondary N) is 1. The minimum Gasteiger partial charge on any atom is -0.479 e. The summed E-state index contributed by atoms with van der Waals surface area (Å²) in [4.78, 5) is 39.2. The molecule has 0 spiro atoms. The van der Waals surface area contributed by atoms with E-state index in [1.807, 2.05) is 0 Å². The number of carboxylic acid groups (broad SMARTS) is 1. The van der Waals surface area contributed by atoms with Crippen molar-refractivity contribution >= 4 is 31.3 Å². The molecule has 0 bridgehead atoms. The molecule has 3 rings (SSSR count). The lowest BCUT2D eigenvalue weighted by Gasteiger charge is -2.26. The molecule has 0 aromatic heterocycles. The first kappa shape index (κ1) is 26.4. The van der Waals surface area contributed by atoms with E-state index in [9.17, 15) is 24.2 Å². The third kappa shape index (κ3) is 7.41. The van der Waals surface area contributed by atoms with Gasteiger partial charge in [0.1, 0.15) is 6.61 Å². The van der Waals surface area contributed by atoms with Gasteiger partial charge >= 0.3 is 19.7 Å². The summed E-state index contributed by atoms with van der Waals surface area (Å²) in [6, 6.07) is 22.3. The number of hydrogen-bond acceptors (Lipinski definition) is 6. The zero-order valence-electron chi connectivity index (χ0n) is 18.9. The molecule has 3 aromatic rings. The lowest BCUT2D eigenvalue weighted by Crippen LogP contribution is -2.30. The number of carbonyl (C=O) groups is 2. The van der Waals surface area contributed by atoms with Gasteiger partial charge in [-0.25, -0.2) is 14.6 Å². The summed E-state index contributed by atoms with van der Waals surface area (Å²) in [6.45, 7) is -0.0832. The lowest BCUT2D eigenvalue weighted by molar-refractivity contribution is -0.145. The number of carbonyl (C=O) groups excluding carboxylic acids is 1. The van der Waals surface area contributed by atoms with Crippen molar-refractivity contribution in [1.29, 1.82) is 0 Å². The molecule has 0 aliphatic rings. The van der Waals surface area contributed by atoms with E-state index < -0.39 is 31.5 Å². The number of aliphatic carboxylic acids is 1. The minimum atomic E-state index is -4.87. The number of rotatable bonds is 10. The van der Waals surface area contributed by atoms with Gasteiger partial charge in [0, 0.05) is 0 Å². The Morgan fingerprint density at radius 2 is 1.56 bits per heavy atom. The summed E-state index contributed by atoms with van der Waals surface area (Å²) in [5, 5.41) is 12.1. The quantitative estimate of drug-likeness (QED) is 0.154. The van der Waals surface area contributed by atoms with Crippen LogP contribution in [0.15, 0.2) is 89.9 Å². The molecule has 3 unspecified atom stereocenters. The fourth-order valence-electron chi connectivity index (χ4n) is 3.23. The molecular weight excluding hydrogens is 487 g/mol. The highest BCUT2D eigenvalue weighted by Gasteiger charge is 2.40. The monoisotopic (exact) mass is 512 g/mol. The zero-order chi connectivity index (χ0) is 26.1. The number of ether oxygens (including phenoxy) is 1. The summed E-state index contributed by atoms with van der Waals surface area (Å²) in [6.07, 6.45) is -2.87. The van der Waals surface area contributed by atoms with Crippen LogP contribution in [0.4, 0.5) is 10.5 Å². The van der Waals surface area contributed by atoms with E-state index in [1.165, 1.54) is 36.4 Å². The first-order valence-corrected chi connectivity index (χ1v) is 12.3. The molecule has 0 radical (unpaired) electrons. The highest BCUT2D eigenvalue weighted by Crippen LogP contribution is 2.58. The van der Waals surface area contributed by atoms with Gasteiger partial charge in [-0.15, -0.1) is 0 Å². The van der Waals surface area contributed by atoms with Gasteiger partial charge in [-0.2, -0.15) is 0 Å². The van der Waals surface area contributed by atoms with Crippen molar-refractivity contribution in [3.05, 3.63) is 102 Å². The van der Waals surface area contributed by atoms with Gasteiger partial charge in [0.05, 0.1) is 5.69 Å². The molecule has 0 saturated carbocycles. The molecule has 0 aliphatic carbocycles. The summed E-state index contributed by atoms with van der Waals surface area (Å²) >= 11 is 0. The van der Waals surface area contributed by atoms with Crippen molar-refractivity contribution in [1.82, 2.24) is 5.32 Å². The highest BCUT2D eigenvalue weighted by atomic mass is 31.2. The van der Waals surface area contributed by atoms with Crippen LogP contribution in [0.2, 0.25) is 0 Å². The van der Waals surface area contributed by atoms with E-state index in [0.717, 1.165) is 0 Å². The Morgan fingerprint density at radius 1 is 0.944 bits per heavy atom. The Hall–Kier alpha value is -4.18. The number of hydrogen-bond donors (Lipinski definition) is 5. The lowest BCUT2D eigenvalue weighted by atomic mass is 10.1. The molecule has 188 valence electrons. The molecule has 3 atom stereocenters. The minimum absolute atomic E-state index is 0.0118. The fourth-order valence-corrected chi connectivity index (χ4v) is 4.69. The van der Waals surface area contributed by atoms with Crippen molar-refractivity contribution in [2.75, 3.05) is 0 Å². The van der Waals surface area contributed by atoms with E-state index in [2.05, 4.69) is 10.3 Å². The number of aliphatic imine (C=N–C) groups is 1. The van der Waals surface area contributed by atoms with Gasteiger partial charge in [0.25, 0.3) is 0 Å². The Kier molecular flexibility index (Phi) is 8.80. The standard InChI is InChI=1S/C24H25N4O7P/c25-23(26)27-19-13-7-12-18(14-19)20(22(29)30)35-36(32,33)21(17-10-5-2-6-11-17)28-24(31)34-15-16-8-3-1-4-9-16/h1-14,20-21H,15H2,(H,28,31)(H,29,30)(H,32,33)(H4,25,26,27). The van der Waals surface area contributed by atoms with Gasteiger partial charge in [-0.1, -0.05) is 72.8 Å². The molecular formula is C24H25N4O7P. The number of alkyl carbamates (subject to hydrolysis) is 1. The average molecular weight is 512 g/mol. The van der Waals surface area contributed by atoms with Crippen molar-refractivity contribution in [3.8, 4) is 0 Å². The van der Waals surface area contributed by atoms with Crippen LogP contribution < -0.4 is 16.8 Å². The SMILES string of the molecule is NC(N)=Nc1cccc(C(OP(=O)(O)C(NC(=O)OCc2ccccc2)c2ccccc2)C(=O)O)c1. The summed E-state index contributed by atoms with van der Waals surface area (Å²) in [5.74, 6) is -3.41. The molecule has 0 fully saturated rings. The molecule has 0 saturated heterocycles. The second-order valence-electron chi connectivity index (χ2n) is 7.54. The topological polar surface area (TPSA) is 187 Å². The fraction of sp³-hybridized carbons (Fsp3) is 0.125. The normalized spacial score (nSPS) is 14.0. The van der Waals surface area contributed by atoms with E-state index >= 15 is 0 Å². The third-order valence-electron chi connectivity index (χ3n) is 4.82. The number of nitrogens with two attached hydrogens (primary N) is 2. The van der Waals surface area contributed by atoms with Gasteiger partial charge in [-0.05, 0) is 28.8 Å². The number of nitrogens with zero attached hydrogens (tertiary/aromatic N) is 1. The Balaban J connectivity index is 1.86. The number of guanidine groups is 1. The van der Waals surface area contributed by atoms with Crippen molar-refractivity contribution < 1.29 is 33.4 Å². The second kappa shape index (κ2) is 12.0. The number of benzene rings is 3. The molecule has 3 aromatic carbocycles. The Bertz CT molecular complexity index is 1270. The van der Waals surface area contributed by atoms with Crippen LogP contribution in [0.5, 0.6) is 0 Å². The predicted molar refractivity (Wildman–Crippen MR) is 132 cm³/mol. The van der Waals surface area contributed by atoms with Crippen LogP contribution in [-0.4, -0.2) is 28.0 Å². The molecule has 0 aliphatic heterocycles. The van der Waals surface area contributed by atoms with Crippen molar-refractivity contribution in [2.45, 2.75) is 18.5 Å². The first-order chi connectivity index (χ1) is 17.2. The van der Waals surface area contributed by atoms with Gasteiger partial charge in [-0.3, -0.25) is 9.09 Å². The van der Waals surface area contributed by atoms with Crippen LogP contribution in [-0.2, 0) is 25.2 Å². The first-order valence-electron chi connectivity index (χ1n) is 10.6. The van der Waals surface area contributed by atoms with E-state index in [-0.39, 0.29) is 29.4 Å². The summed E-state index contributed by atoms with van der Waals surface area (Å²) in [5.41, 5.74) is 11.9. The molecule has 11 nitrogen and oxygen atoms in total. The highest BCUT2D eigenvalue weighted by molar-refractivity contribution is 7.53. The Morgan fingerprint density at radius 3 is 2.17 bits per heavy atom. The second-order valence-corrected chi connectivity index (χ2v) is 9.39. The number of amides is 1. The van der Waals surface area contributed by atoms with Crippen LogP contribution >= 0.6 is 7.60 Å². The summed E-state index contributed by atoms with van der Waals surface area (Å²) in [7, 11) is -4.87. The van der Waals surface area contributed by atoms with Crippen molar-refractivity contribution in [3.63, 3.8) is 0 Å². The maximum Gasteiger partial charge on any atom is 0.408 e. The third-order valence-corrected chi connectivity index (χ3v) is 6.41. The molecule has 12 heteroatoms. The molecule has 1 amide bonds. The molecule has 0 heterocycles. The van der Waals surface area contributed by atoms with E-state index in [1.54, 1.807) is 48.5 Å². The van der Waals surface area contributed by atoms with E-state index in [4.69, 9.17) is 20.7 Å². The predicted octanol–water partition coefficient (Wildman–Crippen LogP) is 3.54. The van der Waals surface area contributed by atoms with Gasteiger partial charge < -0.3 is 31.5 Å².